The molecule has 0 aliphatic carbocycles. The van der Waals surface area contributed by atoms with Crippen LogP contribution in [0, 0.1) is 0 Å². The Morgan fingerprint density at radius 1 is 1.21 bits per heavy atom. The van der Waals surface area contributed by atoms with E-state index in [-0.39, 0.29) is 0 Å². The summed E-state index contributed by atoms with van der Waals surface area (Å²) >= 11 is 0. The topological polar surface area (TPSA) is 35.5 Å². The summed E-state index contributed by atoms with van der Waals surface area (Å²) in [4.78, 5) is 11.0. The van der Waals surface area contributed by atoms with Gasteiger partial charge < -0.3 is 9.47 Å². The van der Waals surface area contributed by atoms with Crippen LogP contribution in [0.15, 0.2) is 42.2 Å². The summed E-state index contributed by atoms with van der Waals surface area (Å²) in [6.07, 6.45) is 0.628. The number of hydrogen-bond donors (Lipinski definition) is 0. The van der Waals surface area contributed by atoms with Gasteiger partial charge in [0.15, 0.2) is 0 Å². The van der Waals surface area contributed by atoms with Crippen LogP contribution in [-0.4, -0.2) is 6.16 Å². The largest absolute Gasteiger partial charge is 0.518 e. The molecule has 0 saturated carbocycles. The first-order valence-electron chi connectivity index (χ1n) is 4.25. The van der Waals surface area contributed by atoms with Crippen LogP contribution in [-0.2, 0) is 4.74 Å². The molecule has 1 rings (SSSR count). The van der Waals surface area contributed by atoms with E-state index in [0.717, 1.165) is 5.57 Å². The third-order valence-corrected chi connectivity index (χ3v) is 1.34. The minimum absolute atomic E-state index is 0.472. The molecular formula is C11H12O3. The quantitative estimate of drug-likeness (QED) is 0.410. The zero-order chi connectivity index (χ0) is 10.4. The van der Waals surface area contributed by atoms with Crippen LogP contribution in [0.3, 0.4) is 0 Å². The van der Waals surface area contributed by atoms with Gasteiger partial charge >= 0.3 is 6.16 Å². The normalized spacial score (nSPS) is 9.00. The highest BCUT2D eigenvalue weighted by Gasteiger charge is 2.02. The summed E-state index contributed by atoms with van der Waals surface area (Å²) in [5, 5.41) is 0. The lowest BCUT2D eigenvalue weighted by Gasteiger charge is -2.01. The summed E-state index contributed by atoms with van der Waals surface area (Å²) in [6, 6.07) is 8.77. The van der Waals surface area contributed by atoms with Crippen molar-refractivity contribution in [2.24, 2.45) is 0 Å². The van der Waals surface area contributed by atoms with Gasteiger partial charge in [0.25, 0.3) is 0 Å². The van der Waals surface area contributed by atoms with Gasteiger partial charge in [-0.15, -0.1) is 0 Å². The van der Waals surface area contributed by atoms with E-state index in [9.17, 15) is 4.79 Å². The molecule has 0 aliphatic rings. The Balaban J connectivity index is 2.46. The summed E-state index contributed by atoms with van der Waals surface area (Å²) in [6.45, 7) is 3.66. The maximum atomic E-state index is 11.0. The van der Waals surface area contributed by atoms with Crippen LogP contribution < -0.4 is 4.74 Å². The molecule has 0 bridgehead atoms. The van der Waals surface area contributed by atoms with E-state index in [0.29, 0.717) is 5.75 Å². The van der Waals surface area contributed by atoms with Crippen molar-refractivity contribution in [3.05, 3.63) is 42.2 Å². The van der Waals surface area contributed by atoms with Crippen molar-refractivity contribution in [1.82, 2.24) is 0 Å². The predicted octanol–water partition coefficient (Wildman–Crippen LogP) is 3.13. The van der Waals surface area contributed by atoms with Gasteiger partial charge in [0.05, 0.1) is 6.26 Å². The van der Waals surface area contributed by atoms with E-state index in [1.54, 1.807) is 24.3 Å². The molecule has 74 valence electrons. The number of para-hydroxylation sites is 1. The second kappa shape index (κ2) is 5.07. The fraction of sp³-hybridized carbons (Fsp3) is 0.182. The van der Waals surface area contributed by atoms with Crippen molar-refractivity contribution in [3.63, 3.8) is 0 Å². The fourth-order valence-electron chi connectivity index (χ4n) is 0.775. The van der Waals surface area contributed by atoms with E-state index >= 15 is 0 Å². The van der Waals surface area contributed by atoms with Gasteiger partial charge in [-0.3, -0.25) is 0 Å². The average Bonchev–Trinajstić information content (AvgIpc) is 2.16. The van der Waals surface area contributed by atoms with Crippen molar-refractivity contribution < 1.29 is 14.3 Å². The Morgan fingerprint density at radius 3 is 2.43 bits per heavy atom. The third-order valence-electron chi connectivity index (χ3n) is 1.34. The molecule has 0 N–H and O–H groups in total. The molecule has 3 heteroatoms. The van der Waals surface area contributed by atoms with E-state index in [1.807, 2.05) is 19.9 Å². The van der Waals surface area contributed by atoms with Gasteiger partial charge in [0, 0.05) is 0 Å². The minimum atomic E-state index is -0.725. The molecule has 0 aromatic heterocycles. The Morgan fingerprint density at radius 2 is 1.86 bits per heavy atom. The predicted molar refractivity (Wildman–Crippen MR) is 53.0 cm³/mol. The van der Waals surface area contributed by atoms with Gasteiger partial charge in [-0.25, -0.2) is 4.79 Å². The summed E-state index contributed by atoms with van der Waals surface area (Å²) in [7, 11) is 0. The van der Waals surface area contributed by atoms with Crippen molar-refractivity contribution in [3.8, 4) is 5.75 Å². The molecule has 0 atom stereocenters. The molecule has 3 nitrogen and oxygen atoms in total. The van der Waals surface area contributed by atoms with Crippen LogP contribution in [0.2, 0.25) is 0 Å². The molecule has 0 aliphatic heterocycles. The lowest BCUT2D eigenvalue weighted by atomic mass is 10.3. The molecule has 0 saturated heterocycles. The second-order valence-corrected chi connectivity index (χ2v) is 2.98. The first-order chi connectivity index (χ1) is 6.68. The number of carbonyl (C=O) groups excluding carboxylic acids is 1. The van der Waals surface area contributed by atoms with Gasteiger partial charge in [0.2, 0.25) is 0 Å². The van der Waals surface area contributed by atoms with Gasteiger partial charge in [-0.1, -0.05) is 18.2 Å². The molecule has 0 radical (unpaired) electrons. The van der Waals surface area contributed by atoms with Crippen molar-refractivity contribution in [2.45, 2.75) is 13.8 Å². The van der Waals surface area contributed by atoms with Crippen LogP contribution in [0.25, 0.3) is 0 Å². The Bertz CT molecular complexity index is 324. The summed E-state index contributed by atoms with van der Waals surface area (Å²) in [5.74, 6) is 0.472. The third kappa shape index (κ3) is 3.76. The van der Waals surface area contributed by atoms with Crippen molar-refractivity contribution in [1.29, 1.82) is 0 Å². The maximum Gasteiger partial charge on any atom is 0.518 e. The molecule has 0 spiro atoms. The molecule has 0 amide bonds. The molecule has 14 heavy (non-hydrogen) atoms. The summed E-state index contributed by atoms with van der Waals surface area (Å²) in [5.41, 5.74) is 0.898. The SMILES string of the molecule is CC(C)=COC(=O)Oc1ccccc1. The molecule has 0 fully saturated rings. The van der Waals surface area contributed by atoms with Gasteiger partial charge in [-0.05, 0) is 31.6 Å². The van der Waals surface area contributed by atoms with Crippen molar-refractivity contribution in [2.75, 3.05) is 0 Å². The number of hydrogen-bond acceptors (Lipinski definition) is 3. The van der Waals surface area contributed by atoms with E-state index in [1.165, 1.54) is 6.26 Å². The fourth-order valence-corrected chi connectivity index (χ4v) is 0.775. The first kappa shape index (κ1) is 10.3. The van der Waals surface area contributed by atoms with E-state index in [2.05, 4.69) is 4.74 Å². The molecule has 1 aromatic rings. The maximum absolute atomic E-state index is 11.0. The molecule has 0 unspecified atom stereocenters. The lowest BCUT2D eigenvalue weighted by Crippen LogP contribution is -2.06. The van der Waals surface area contributed by atoms with E-state index in [4.69, 9.17) is 4.74 Å². The van der Waals surface area contributed by atoms with Crippen LogP contribution in [0.4, 0.5) is 4.79 Å². The summed E-state index contributed by atoms with van der Waals surface area (Å²) < 4.78 is 9.54. The number of benzene rings is 1. The van der Waals surface area contributed by atoms with Crippen LogP contribution in [0.5, 0.6) is 5.75 Å². The monoisotopic (exact) mass is 192 g/mol. The number of rotatable bonds is 2. The Kier molecular flexibility index (Phi) is 3.73. The Labute approximate surface area is 83.0 Å². The number of carbonyl (C=O) groups is 1. The van der Waals surface area contributed by atoms with Crippen LogP contribution in [0.1, 0.15) is 13.8 Å². The number of allylic oxidation sites excluding steroid dienone is 1. The van der Waals surface area contributed by atoms with E-state index < -0.39 is 6.16 Å². The highest BCUT2D eigenvalue weighted by Crippen LogP contribution is 2.09. The van der Waals surface area contributed by atoms with Gasteiger partial charge in [0.1, 0.15) is 5.75 Å². The van der Waals surface area contributed by atoms with Crippen LogP contribution >= 0.6 is 0 Å². The van der Waals surface area contributed by atoms with Gasteiger partial charge in [-0.2, -0.15) is 0 Å². The molecule has 1 aromatic carbocycles. The smallest absolute Gasteiger partial charge is 0.403 e. The first-order valence-corrected chi connectivity index (χ1v) is 4.25. The molecule has 0 heterocycles. The van der Waals surface area contributed by atoms with Crippen molar-refractivity contribution >= 4 is 6.16 Å². The number of ether oxygens (including phenoxy) is 2. The lowest BCUT2D eigenvalue weighted by molar-refractivity contribution is 0.135. The highest BCUT2D eigenvalue weighted by atomic mass is 16.7. The average molecular weight is 192 g/mol. The second-order valence-electron chi connectivity index (χ2n) is 2.98. The Hall–Kier alpha value is -1.77. The molecular weight excluding hydrogens is 180 g/mol. The zero-order valence-electron chi connectivity index (χ0n) is 8.19. The standard InChI is InChI=1S/C11H12O3/c1-9(2)8-13-11(12)14-10-6-4-3-5-7-10/h3-8H,1-2H3. The zero-order valence-corrected chi connectivity index (χ0v) is 8.19. The minimum Gasteiger partial charge on any atom is -0.403 e. The highest BCUT2D eigenvalue weighted by molar-refractivity contribution is 5.64.